The summed E-state index contributed by atoms with van der Waals surface area (Å²) in [6, 6.07) is 0. The minimum atomic E-state index is 0.816. The van der Waals surface area contributed by atoms with Crippen LogP contribution >= 0.6 is 0 Å². The molecule has 0 aromatic carbocycles. The van der Waals surface area contributed by atoms with Crippen LogP contribution in [0.25, 0.3) is 0 Å². The van der Waals surface area contributed by atoms with E-state index in [0.717, 1.165) is 39.1 Å². The Morgan fingerprint density at radius 3 is 2.07 bits per heavy atom. The standard InChI is InChI=1S/C13H27NO/c1-5-9-14(10-6-2)13(4)8-12-15-11-7-3/h4-12H2,1-3H3. The Kier molecular flexibility index (Phi) is 9.70. The lowest BCUT2D eigenvalue weighted by Gasteiger charge is -2.25. The fourth-order valence-electron chi connectivity index (χ4n) is 1.56. The summed E-state index contributed by atoms with van der Waals surface area (Å²) >= 11 is 0. The first-order valence-corrected chi connectivity index (χ1v) is 6.26. The number of hydrogen-bond acceptors (Lipinski definition) is 2. The molecule has 0 aromatic rings. The maximum absolute atomic E-state index is 5.47. The molecule has 0 saturated carbocycles. The maximum atomic E-state index is 5.47. The average Bonchev–Trinajstić information content (AvgIpc) is 2.24. The van der Waals surface area contributed by atoms with Crippen molar-refractivity contribution in [3.8, 4) is 0 Å². The number of nitrogens with zero attached hydrogens (tertiary/aromatic N) is 1. The van der Waals surface area contributed by atoms with Gasteiger partial charge in [-0.2, -0.15) is 0 Å². The van der Waals surface area contributed by atoms with E-state index in [1.54, 1.807) is 0 Å². The van der Waals surface area contributed by atoms with Crippen molar-refractivity contribution in [2.24, 2.45) is 0 Å². The van der Waals surface area contributed by atoms with Gasteiger partial charge in [0.25, 0.3) is 0 Å². The third kappa shape index (κ3) is 7.43. The highest BCUT2D eigenvalue weighted by molar-refractivity contribution is 4.93. The maximum Gasteiger partial charge on any atom is 0.0520 e. The van der Waals surface area contributed by atoms with Gasteiger partial charge >= 0.3 is 0 Å². The van der Waals surface area contributed by atoms with Crippen molar-refractivity contribution in [2.45, 2.75) is 46.5 Å². The van der Waals surface area contributed by atoms with Gasteiger partial charge in [-0.05, 0) is 19.3 Å². The lowest BCUT2D eigenvalue weighted by Crippen LogP contribution is -2.25. The topological polar surface area (TPSA) is 12.5 Å². The first-order valence-electron chi connectivity index (χ1n) is 6.26. The molecule has 0 atom stereocenters. The summed E-state index contributed by atoms with van der Waals surface area (Å²) in [6.07, 6.45) is 4.45. The van der Waals surface area contributed by atoms with Crippen LogP contribution in [0.4, 0.5) is 0 Å². The lowest BCUT2D eigenvalue weighted by atomic mass is 10.2. The predicted octanol–water partition coefficient (Wildman–Crippen LogP) is 3.44. The van der Waals surface area contributed by atoms with Gasteiger partial charge in [-0.1, -0.05) is 27.4 Å². The van der Waals surface area contributed by atoms with E-state index in [1.807, 2.05) is 0 Å². The van der Waals surface area contributed by atoms with Gasteiger partial charge in [-0.15, -0.1) is 0 Å². The van der Waals surface area contributed by atoms with Crippen LogP contribution in [0.15, 0.2) is 12.3 Å². The van der Waals surface area contributed by atoms with Crippen molar-refractivity contribution >= 4 is 0 Å². The SMILES string of the molecule is C=C(CCOCCC)N(CCC)CCC. The zero-order chi connectivity index (χ0) is 11.5. The Bertz CT molecular complexity index is 151. The molecule has 0 heterocycles. The molecule has 0 aromatic heterocycles. The van der Waals surface area contributed by atoms with Gasteiger partial charge in [0, 0.05) is 31.8 Å². The van der Waals surface area contributed by atoms with Crippen LogP contribution in [0, 0.1) is 0 Å². The monoisotopic (exact) mass is 213 g/mol. The van der Waals surface area contributed by atoms with Gasteiger partial charge in [0.1, 0.15) is 0 Å². The molecule has 0 aliphatic rings. The Labute approximate surface area is 95.3 Å². The highest BCUT2D eigenvalue weighted by Crippen LogP contribution is 2.08. The lowest BCUT2D eigenvalue weighted by molar-refractivity contribution is 0.131. The van der Waals surface area contributed by atoms with E-state index in [-0.39, 0.29) is 0 Å². The minimum Gasteiger partial charge on any atom is -0.381 e. The summed E-state index contributed by atoms with van der Waals surface area (Å²) in [5.41, 5.74) is 1.23. The van der Waals surface area contributed by atoms with E-state index in [4.69, 9.17) is 4.74 Å². The second-order valence-corrected chi connectivity index (χ2v) is 3.92. The third-order valence-electron chi connectivity index (χ3n) is 2.32. The summed E-state index contributed by atoms with van der Waals surface area (Å²) in [5, 5.41) is 0. The largest absolute Gasteiger partial charge is 0.381 e. The molecule has 0 aliphatic carbocycles. The minimum absolute atomic E-state index is 0.816. The Morgan fingerprint density at radius 1 is 1.00 bits per heavy atom. The van der Waals surface area contributed by atoms with Crippen LogP contribution < -0.4 is 0 Å². The van der Waals surface area contributed by atoms with Gasteiger partial charge in [0.2, 0.25) is 0 Å². The van der Waals surface area contributed by atoms with Gasteiger partial charge < -0.3 is 9.64 Å². The first kappa shape index (κ1) is 14.5. The molecule has 0 bridgehead atoms. The Morgan fingerprint density at radius 2 is 1.60 bits per heavy atom. The average molecular weight is 213 g/mol. The number of hydrogen-bond donors (Lipinski definition) is 0. The van der Waals surface area contributed by atoms with E-state index >= 15 is 0 Å². The van der Waals surface area contributed by atoms with E-state index in [0.29, 0.717) is 0 Å². The van der Waals surface area contributed by atoms with E-state index in [2.05, 4.69) is 32.3 Å². The number of rotatable bonds is 10. The fraction of sp³-hybridized carbons (Fsp3) is 0.846. The molecule has 0 amide bonds. The summed E-state index contributed by atoms with van der Waals surface area (Å²) < 4.78 is 5.47. The predicted molar refractivity (Wildman–Crippen MR) is 67.0 cm³/mol. The quantitative estimate of drug-likeness (QED) is 0.515. The second kappa shape index (κ2) is 10.0. The zero-order valence-electron chi connectivity index (χ0n) is 10.7. The van der Waals surface area contributed by atoms with Gasteiger partial charge in [0.15, 0.2) is 0 Å². The molecule has 2 heteroatoms. The zero-order valence-corrected chi connectivity index (χ0v) is 10.7. The van der Waals surface area contributed by atoms with Gasteiger partial charge in [0.05, 0.1) is 6.61 Å². The molecule has 0 N–H and O–H groups in total. The smallest absolute Gasteiger partial charge is 0.0520 e. The van der Waals surface area contributed by atoms with Gasteiger partial charge in [-0.3, -0.25) is 0 Å². The highest BCUT2D eigenvalue weighted by atomic mass is 16.5. The molecular weight excluding hydrogens is 186 g/mol. The molecule has 0 rings (SSSR count). The van der Waals surface area contributed by atoms with Crippen molar-refractivity contribution in [1.82, 2.24) is 4.90 Å². The molecule has 0 aliphatic heterocycles. The summed E-state index contributed by atoms with van der Waals surface area (Å²) in [6.45, 7) is 14.6. The fourth-order valence-corrected chi connectivity index (χ4v) is 1.56. The molecule has 0 saturated heterocycles. The van der Waals surface area contributed by atoms with Crippen molar-refractivity contribution in [3.05, 3.63) is 12.3 Å². The molecule has 0 fully saturated rings. The Balaban J connectivity index is 3.70. The molecule has 0 spiro atoms. The molecule has 0 unspecified atom stereocenters. The van der Waals surface area contributed by atoms with E-state index in [1.165, 1.54) is 18.5 Å². The van der Waals surface area contributed by atoms with Crippen molar-refractivity contribution < 1.29 is 4.74 Å². The second-order valence-electron chi connectivity index (χ2n) is 3.92. The molecule has 15 heavy (non-hydrogen) atoms. The summed E-state index contributed by atoms with van der Waals surface area (Å²) in [7, 11) is 0. The normalized spacial score (nSPS) is 10.3. The van der Waals surface area contributed by atoms with Crippen molar-refractivity contribution in [3.63, 3.8) is 0 Å². The van der Waals surface area contributed by atoms with Gasteiger partial charge in [-0.25, -0.2) is 0 Å². The van der Waals surface area contributed by atoms with Crippen LogP contribution in [0.3, 0.4) is 0 Å². The highest BCUT2D eigenvalue weighted by Gasteiger charge is 2.04. The van der Waals surface area contributed by atoms with Crippen LogP contribution in [0.2, 0.25) is 0 Å². The number of ether oxygens (including phenoxy) is 1. The van der Waals surface area contributed by atoms with Crippen molar-refractivity contribution in [1.29, 1.82) is 0 Å². The summed E-state index contributed by atoms with van der Waals surface area (Å²) in [4.78, 5) is 2.38. The van der Waals surface area contributed by atoms with Crippen LogP contribution in [0.5, 0.6) is 0 Å². The summed E-state index contributed by atoms with van der Waals surface area (Å²) in [5.74, 6) is 0. The van der Waals surface area contributed by atoms with Crippen LogP contribution in [-0.4, -0.2) is 31.2 Å². The first-order chi connectivity index (χ1) is 7.26. The molecular formula is C13H27NO. The molecule has 0 radical (unpaired) electrons. The van der Waals surface area contributed by atoms with Crippen LogP contribution in [-0.2, 0) is 4.74 Å². The third-order valence-corrected chi connectivity index (χ3v) is 2.32. The van der Waals surface area contributed by atoms with Crippen molar-refractivity contribution in [2.75, 3.05) is 26.3 Å². The molecule has 90 valence electrons. The van der Waals surface area contributed by atoms with E-state index < -0.39 is 0 Å². The Hall–Kier alpha value is -0.500. The van der Waals surface area contributed by atoms with E-state index in [9.17, 15) is 0 Å². The molecule has 2 nitrogen and oxygen atoms in total. The van der Waals surface area contributed by atoms with Crippen LogP contribution in [0.1, 0.15) is 46.5 Å².